The molecule has 368 valence electrons. The molecule has 0 aliphatic rings. The lowest BCUT2D eigenvalue weighted by atomic mass is 10.0. The van der Waals surface area contributed by atoms with Crippen LogP contribution in [0.4, 0.5) is 0 Å². The van der Waals surface area contributed by atoms with Gasteiger partial charge in [-0.25, -0.2) is 0 Å². The highest BCUT2D eigenvalue weighted by Crippen LogP contribution is 2.19. The summed E-state index contributed by atoms with van der Waals surface area (Å²) in [6, 6.07) is -0.698. The van der Waals surface area contributed by atoms with Gasteiger partial charge in [-0.1, -0.05) is 258 Å². The molecule has 0 heterocycles. The predicted molar refractivity (Wildman–Crippen MR) is 269 cm³/mol. The van der Waals surface area contributed by atoms with Crippen LogP contribution < -0.4 is 5.32 Å². The number of carbonyl (C=O) groups is 2. The highest BCUT2D eigenvalue weighted by Gasteiger charge is 2.24. The van der Waals surface area contributed by atoms with E-state index < -0.39 is 18.2 Å². The summed E-state index contributed by atoms with van der Waals surface area (Å²) in [6.45, 7) is 6.51. The molecular weight excluding hydrogens is 767 g/mol. The van der Waals surface area contributed by atoms with Crippen LogP contribution in [-0.2, 0) is 14.3 Å². The SMILES string of the molecule is CCCCCCCC/C=C\CCCCCC(=O)OC(CCCCCCCCCCCCCCCC)CC(=O)NC(CO)C(O)CCCCCCCCCCCCCCCCCC. The van der Waals surface area contributed by atoms with Gasteiger partial charge < -0.3 is 20.3 Å². The number of hydrogen-bond donors (Lipinski definition) is 3. The van der Waals surface area contributed by atoms with Crippen molar-refractivity contribution in [1.29, 1.82) is 0 Å². The van der Waals surface area contributed by atoms with Crippen molar-refractivity contribution in [3.05, 3.63) is 12.2 Å². The van der Waals surface area contributed by atoms with Gasteiger partial charge in [0.05, 0.1) is 25.2 Å². The first kappa shape index (κ1) is 60.6. The van der Waals surface area contributed by atoms with Crippen molar-refractivity contribution in [3.8, 4) is 0 Å². The topological polar surface area (TPSA) is 95.9 Å². The largest absolute Gasteiger partial charge is 0.462 e. The van der Waals surface area contributed by atoms with Gasteiger partial charge in [-0.2, -0.15) is 0 Å². The summed E-state index contributed by atoms with van der Waals surface area (Å²) in [4.78, 5) is 26.2. The third-order valence-electron chi connectivity index (χ3n) is 13.1. The number of rotatable bonds is 51. The molecule has 3 atom stereocenters. The third-order valence-corrected chi connectivity index (χ3v) is 13.1. The first-order valence-electron chi connectivity index (χ1n) is 27.9. The van der Waals surface area contributed by atoms with Crippen LogP contribution in [0.5, 0.6) is 0 Å². The lowest BCUT2D eigenvalue weighted by Gasteiger charge is -2.24. The molecule has 0 aliphatic heterocycles. The molecule has 3 unspecified atom stereocenters. The maximum atomic E-state index is 13.2. The van der Waals surface area contributed by atoms with Crippen molar-refractivity contribution in [2.45, 2.75) is 328 Å². The molecule has 0 saturated carbocycles. The average molecular weight is 876 g/mol. The Morgan fingerprint density at radius 1 is 0.452 bits per heavy atom. The standard InChI is InChI=1S/C56H109NO5/c1-4-7-10-13-16-19-22-25-27-28-31-33-36-39-42-45-48-54(59)53(51-58)57-55(60)50-52(47-44-41-38-35-32-30-26-23-20-17-14-11-8-5-2)62-56(61)49-46-43-40-37-34-29-24-21-18-15-12-9-6-3/h29,34,52-54,58-59H,4-28,30-33,35-51H2,1-3H3,(H,57,60)/b34-29-. The van der Waals surface area contributed by atoms with Crippen molar-refractivity contribution in [3.63, 3.8) is 0 Å². The Morgan fingerprint density at radius 3 is 1.15 bits per heavy atom. The molecule has 0 bridgehead atoms. The third kappa shape index (κ3) is 45.2. The Kier molecular flexibility index (Phi) is 49.5. The molecule has 1 amide bonds. The van der Waals surface area contributed by atoms with Crippen LogP contribution in [0.15, 0.2) is 12.2 Å². The Balaban J connectivity index is 4.50. The number of nitrogens with one attached hydrogen (secondary N) is 1. The number of amides is 1. The molecule has 62 heavy (non-hydrogen) atoms. The van der Waals surface area contributed by atoms with Crippen molar-refractivity contribution in [2.75, 3.05) is 6.61 Å². The zero-order valence-corrected chi connectivity index (χ0v) is 42.0. The van der Waals surface area contributed by atoms with E-state index in [0.717, 1.165) is 51.4 Å². The zero-order valence-electron chi connectivity index (χ0n) is 42.0. The van der Waals surface area contributed by atoms with Crippen molar-refractivity contribution < 1.29 is 24.5 Å². The fourth-order valence-electron chi connectivity index (χ4n) is 8.84. The molecular formula is C56H109NO5. The van der Waals surface area contributed by atoms with Crippen LogP contribution in [0.3, 0.4) is 0 Å². The van der Waals surface area contributed by atoms with E-state index in [1.54, 1.807) is 0 Å². The van der Waals surface area contributed by atoms with Crippen LogP contribution in [0.1, 0.15) is 310 Å². The quantitative estimate of drug-likeness (QED) is 0.0321. The zero-order chi connectivity index (χ0) is 45.2. The normalized spacial score (nSPS) is 13.2. The van der Waals surface area contributed by atoms with Crippen molar-refractivity contribution in [2.24, 2.45) is 0 Å². The minimum absolute atomic E-state index is 0.0792. The smallest absolute Gasteiger partial charge is 0.306 e. The van der Waals surface area contributed by atoms with Crippen LogP contribution >= 0.6 is 0 Å². The van der Waals surface area contributed by atoms with E-state index in [2.05, 4.69) is 38.2 Å². The minimum atomic E-state index is -0.784. The Hall–Kier alpha value is -1.40. The molecule has 0 radical (unpaired) electrons. The maximum Gasteiger partial charge on any atom is 0.306 e. The van der Waals surface area contributed by atoms with Crippen LogP contribution in [0.2, 0.25) is 0 Å². The van der Waals surface area contributed by atoms with E-state index in [-0.39, 0.29) is 24.9 Å². The Labute approximate surface area is 387 Å². The molecule has 0 aromatic carbocycles. The van der Waals surface area contributed by atoms with Gasteiger partial charge in [0.1, 0.15) is 6.10 Å². The second-order valence-corrected chi connectivity index (χ2v) is 19.3. The summed E-state index contributed by atoms with van der Waals surface area (Å²) in [5, 5.41) is 23.9. The summed E-state index contributed by atoms with van der Waals surface area (Å²) in [6.07, 6.45) is 57.0. The number of allylic oxidation sites excluding steroid dienone is 2. The van der Waals surface area contributed by atoms with Crippen LogP contribution in [-0.4, -0.2) is 46.9 Å². The number of ether oxygens (including phenoxy) is 1. The summed E-state index contributed by atoms with van der Waals surface area (Å²) in [5.41, 5.74) is 0. The van der Waals surface area contributed by atoms with Gasteiger partial charge in [-0.05, 0) is 51.4 Å². The monoisotopic (exact) mass is 876 g/mol. The lowest BCUT2D eigenvalue weighted by molar-refractivity contribution is -0.151. The second kappa shape index (κ2) is 50.6. The Morgan fingerprint density at radius 2 is 0.774 bits per heavy atom. The number of carbonyl (C=O) groups excluding carboxylic acids is 2. The molecule has 6 nitrogen and oxygen atoms in total. The van der Waals surface area contributed by atoms with Crippen LogP contribution in [0.25, 0.3) is 0 Å². The number of aliphatic hydroxyl groups excluding tert-OH is 2. The van der Waals surface area contributed by atoms with E-state index in [0.29, 0.717) is 19.3 Å². The second-order valence-electron chi connectivity index (χ2n) is 19.3. The van der Waals surface area contributed by atoms with Crippen LogP contribution in [0, 0.1) is 0 Å². The highest BCUT2D eigenvalue weighted by atomic mass is 16.5. The summed E-state index contributed by atoms with van der Waals surface area (Å²) < 4.78 is 5.94. The number of aliphatic hydroxyl groups is 2. The van der Waals surface area contributed by atoms with E-state index in [1.165, 1.54) is 212 Å². The van der Waals surface area contributed by atoms with Gasteiger partial charge in [0.2, 0.25) is 5.91 Å². The first-order chi connectivity index (χ1) is 30.5. The number of unbranched alkanes of at least 4 members (excludes halogenated alkanes) is 37. The van der Waals surface area contributed by atoms with Gasteiger partial charge >= 0.3 is 5.97 Å². The molecule has 3 N–H and O–H groups in total. The van der Waals surface area contributed by atoms with Gasteiger partial charge in [-0.3, -0.25) is 9.59 Å². The number of hydrogen-bond acceptors (Lipinski definition) is 5. The fraction of sp³-hybridized carbons (Fsp3) is 0.929. The maximum absolute atomic E-state index is 13.2. The van der Waals surface area contributed by atoms with Crippen molar-refractivity contribution in [1.82, 2.24) is 5.32 Å². The van der Waals surface area contributed by atoms with E-state index >= 15 is 0 Å². The summed E-state index contributed by atoms with van der Waals surface area (Å²) in [7, 11) is 0. The summed E-state index contributed by atoms with van der Waals surface area (Å²) >= 11 is 0. The van der Waals surface area contributed by atoms with Gasteiger partial charge in [0.25, 0.3) is 0 Å². The van der Waals surface area contributed by atoms with E-state index in [4.69, 9.17) is 4.74 Å². The van der Waals surface area contributed by atoms with E-state index in [9.17, 15) is 19.8 Å². The number of esters is 1. The molecule has 0 fully saturated rings. The molecule has 0 aliphatic carbocycles. The molecule has 6 heteroatoms. The Bertz CT molecular complexity index is 939. The average Bonchev–Trinajstić information content (AvgIpc) is 3.26. The molecule has 0 spiro atoms. The fourth-order valence-corrected chi connectivity index (χ4v) is 8.84. The highest BCUT2D eigenvalue weighted by molar-refractivity contribution is 5.77. The molecule has 0 rings (SSSR count). The molecule has 0 saturated heterocycles. The van der Waals surface area contributed by atoms with Gasteiger partial charge in [-0.15, -0.1) is 0 Å². The molecule has 0 aromatic heterocycles. The first-order valence-corrected chi connectivity index (χ1v) is 27.9. The van der Waals surface area contributed by atoms with Crippen molar-refractivity contribution >= 4 is 11.9 Å². The predicted octanol–water partition coefficient (Wildman–Crippen LogP) is 16.9. The lowest BCUT2D eigenvalue weighted by Crippen LogP contribution is -2.46. The molecule has 0 aromatic rings. The van der Waals surface area contributed by atoms with Gasteiger partial charge in [0.15, 0.2) is 0 Å². The minimum Gasteiger partial charge on any atom is -0.462 e. The van der Waals surface area contributed by atoms with E-state index in [1.807, 2.05) is 0 Å². The summed E-state index contributed by atoms with van der Waals surface area (Å²) in [5.74, 6) is -0.472. The van der Waals surface area contributed by atoms with Gasteiger partial charge in [0, 0.05) is 6.42 Å².